The third-order valence-electron chi connectivity index (χ3n) is 2.63. The maximum Gasteiger partial charge on any atom is 0.255 e. The second-order valence-electron chi connectivity index (χ2n) is 4.44. The lowest BCUT2D eigenvalue weighted by molar-refractivity contribution is 0.0945. The van der Waals surface area contributed by atoms with E-state index >= 15 is 0 Å². The van der Waals surface area contributed by atoms with Crippen LogP contribution in [0.15, 0.2) is 12.3 Å². The molecule has 0 aliphatic carbocycles. The molecule has 0 aliphatic rings. The predicted octanol–water partition coefficient (Wildman–Crippen LogP) is 1.59. The molecule has 2 rings (SSSR count). The van der Waals surface area contributed by atoms with Crippen LogP contribution in [0.5, 0.6) is 0 Å². The van der Waals surface area contributed by atoms with Crippen molar-refractivity contribution in [1.29, 1.82) is 0 Å². The predicted molar refractivity (Wildman–Crippen MR) is 67.8 cm³/mol. The van der Waals surface area contributed by atoms with Gasteiger partial charge in [-0.2, -0.15) is 5.10 Å². The van der Waals surface area contributed by atoms with Gasteiger partial charge in [0.25, 0.3) is 5.91 Å². The first-order valence-electron chi connectivity index (χ1n) is 5.53. The summed E-state index contributed by atoms with van der Waals surface area (Å²) in [6, 6.07) is 1.99. The number of rotatable bonds is 2. The van der Waals surface area contributed by atoms with Gasteiger partial charge in [-0.3, -0.25) is 9.89 Å². The van der Waals surface area contributed by atoms with Crippen LogP contribution in [0.3, 0.4) is 0 Å². The Labute approximate surface area is 99.4 Å². The zero-order chi connectivity index (χ0) is 12.6. The highest BCUT2D eigenvalue weighted by molar-refractivity contribution is 6.10. The summed E-state index contributed by atoms with van der Waals surface area (Å²) in [7, 11) is 0. The van der Waals surface area contributed by atoms with E-state index in [9.17, 15) is 4.79 Å². The minimum atomic E-state index is -0.171. The van der Waals surface area contributed by atoms with Gasteiger partial charge >= 0.3 is 0 Å². The highest BCUT2D eigenvalue weighted by Crippen LogP contribution is 2.26. The van der Waals surface area contributed by atoms with E-state index in [0.717, 1.165) is 10.9 Å². The summed E-state index contributed by atoms with van der Waals surface area (Å²) in [5, 5.41) is 10.5. The minimum absolute atomic E-state index is 0.0698. The standard InChI is InChI=1S/C12H16N4O/c1-6(2)15-12(17)9-10(13)7(3)4-8-5-14-16-11(8)9/h4-6H,13H2,1-3H3,(H,14,16)(H,15,17). The molecule has 1 amide bonds. The first-order valence-corrected chi connectivity index (χ1v) is 5.53. The Morgan fingerprint density at radius 2 is 2.24 bits per heavy atom. The topological polar surface area (TPSA) is 83.8 Å². The molecule has 0 atom stereocenters. The monoisotopic (exact) mass is 232 g/mol. The normalized spacial score (nSPS) is 11.1. The summed E-state index contributed by atoms with van der Waals surface area (Å²) in [6.45, 7) is 5.70. The van der Waals surface area contributed by atoms with Crippen LogP contribution in [0.25, 0.3) is 10.9 Å². The van der Waals surface area contributed by atoms with Gasteiger partial charge in [0.05, 0.1) is 17.3 Å². The summed E-state index contributed by atoms with van der Waals surface area (Å²) in [6.07, 6.45) is 1.69. The third kappa shape index (κ3) is 1.95. The molecule has 2 aromatic rings. The second-order valence-corrected chi connectivity index (χ2v) is 4.44. The van der Waals surface area contributed by atoms with Crippen LogP contribution in [-0.2, 0) is 0 Å². The number of H-pyrrole nitrogens is 1. The number of hydrogen-bond donors (Lipinski definition) is 3. The molecule has 0 aliphatic heterocycles. The number of aromatic nitrogens is 2. The molecule has 4 N–H and O–H groups in total. The molecule has 5 heteroatoms. The molecule has 1 aromatic heterocycles. The molecule has 0 saturated carbocycles. The first kappa shape index (κ1) is 11.4. The van der Waals surface area contributed by atoms with Gasteiger partial charge in [0.1, 0.15) is 0 Å². The molecule has 90 valence electrons. The maximum absolute atomic E-state index is 12.1. The molecule has 5 nitrogen and oxygen atoms in total. The molecule has 0 radical (unpaired) electrons. The Balaban J connectivity index is 2.61. The van der Waals surface area contributed by atoms with Gasteiger partial charge in [-0.15, -0.1) is 0 Å². The fourth-order valence-electron chi connectivity index (χ4n) is 1.82. The maximum atomic E-state index is 12.1. The lowest BCUT2D eigenvalue weighted by atomic mass is 10.0. The van der Waals surface area contributed by atoms with Crippen LogP contribution >= 0.6 is 0 Å². The lowest BCUT2D eigenvalue weighted by Crippen LogP contribution is -2.31. The number of carbonyl (C=O) groups excluding carboxylic acids is 1. The average molecular weight is 232 g/mol. The lowest BCUT2D eigenvalue weighted by Gasteiger charge is -2.12. The van der Waals surface area contributed by atoms with Crippen molar-refractivity contribution in [3.63, 3.8) is 0 Å². The van der Waals surface area contributed by atoms with Crippen molar-refractivity contribution in [1.82, 2.24) is 15.5 Å². The van der Waals surface area contributed by atoms with E-state index in [1.807, 2.05) is 26.8 Å². The largest absolute Gasteiger partial charge is 0.398 e. The average Bonchev–Trinajstić information content (AvgIpc) is 2.65. The van der Waals surface area contributed by atoms with Gasteiger partial charge in [0, 0.05) is 17.1 Å². The van der Waals surface area contributed by atoms with E-state index in [0.29, 0.717) is 16.8 Å². The molecule has 1 aromatic carbocycles. The molecule has 0 unspecified atom stereocenters. The number of nitrogens with zero attached hydrogens (tertiary/aromatic N) is 1. The van der Waals surface area contributed by atoms with Gasteiger partial charge in [-0.05, 0) is 32.4 Å². The van der Waals surface area contributed by atoms with Gasteiger partial charge in [0.15, 0.2) is 0 Å². The number of nitrogen functional groups attached to an aromatic ring is 1. The van der Waals surface area contributed by atoms with Gasteiger partial charge in [-0.1, -0.05) is 0 Å². The number of amides is 1. The number of anilines is 1. The molecule has 17 heavy (non-hydrogen) atoms. The van der Waals surface area contributed by atoms with Crippen molar-refractivity contribution in [2.45, 2.75) is 26.8 Å². The summed E-state index contributed by atoms with van der Waals surface area (Å²) in [4.78, 5) is 12.1. The zero-order valence-corrected chi connectivity index (χ0v) is 10.2. The van der Waals surface area contributed by atoms with Crippen molar-refractivity contribution in [3.05, 3.63) is 23.4 Å². The van der Waals surface area contributed by atoms with Crippen LogP contribution in [0, 0.1) is 6.92 Å². The summed E-state index contributed by atoms with van der Waals surface area (Å²) < 4.78 is 0. The van der Waals surface area contributed by atoms with Crippen LogP contribution in [-0.4, -0.2) is 22.1 Å². The Hall–Kier alpha value is -2.04. The summed E-state index contributed by atoms with van der Waals surface area (Å²) in [5.74, 6) is -0.171. The fraction of sp³-hybridized carbons (Fsp3) is 0.333. The van der Waals surface area contributed by atoms with Gasteiger partial charge < -0.3 is 11.1 Å². The molecular formula is C12H16N4O. The minimum Gasteiger partial charge on any atom is -0.398 e. The molecule has 0 fully saturated rings. The molecule has 0 saturated heterocycles. The number of aryl methyl sites for hydroxylation is 1. The first-order chi connectivity index (χ1) is 8.00. The van der Waals surface area contributed by atoms with E-state index < -0.39 is 0 Å². The quantitative estimate of drug-likeness (QED) is 0.687. The number of fused-ring (bicyclic) bond motifs is 1. The van der Waals surface area contributed by atoms with E-state index in [-0.39, 0.29) is 11.9 Å². The Morgan fingerprint density at radius 3 is 2.88 bits per heavy atom. The summed E-state index contributed by atoms with van der Waals surface area (Å²) >= 11 is 0. The van der Waals surface area contributed by atoms with Crippen molar-refractivity contribution in [2.75, 3.05) is 5.73 Å². The van der Waals surface area contributed by atoms with Crippen molar-refractivity contribution in [3.8, 4) is 0 Å². The van der Waals surface area contributed by atoms with Crippen LogP contribution in [0.2, 0.25) is 0 Å². The highest BCUT2D eigenvalue weighted by Gasteiger charge is 2.17. The van der Waals surface area contributed by atoms with Crippen molar-refractivity contribution in [2.24, 2.45) is 0 Å². The third-order valence-corrected chi connectivity index (χ3v) is 2.63. The number of benzene rings is 1. The molecule has 0 bridgehead atoms. The van der Waals surface area contributed by atoms with Crippen LogP contribution in [0.1, 0.15) is 29.8 Å². The summed E-state index contributed by atoms with van der Waals surface area (Å²) in [5.41, 5.74) is 8.52. The number of carbonyl (C=O) groups is 1. The Kier molecular flexibility index (Phi) is 2.75. The van der Waals surface area contributed by atoms with Gasteiger partial charge in [0.2, 0.25) is 0 Å². The fourth-order valence-corrected chi connectivity index (χ4v) is 1.82. The van der Waals surface area contributed by atoms with Crippen molar-refractivity contribution >= 4 is 22.5 Å². The Bertz CT molecular complexity index is 571. The second kappa shape index (κ2) is 4.08. The van der Waals surface area contributed by atoms with E-state index in [1.165, 1.54) is 0 Å². The number of hydrogen-bond acceptors (Lipinski definition) is 3. The highest BCUT2D eigenvalue weighted by atomic mass is 16.1. The SMILES string of the molecule is Cc1cc2cn[nH]c2c(C(=O)NC(C)C)c1N. The molecule has 1 heterocycles. The van der Waals surface area contributed by atoms with E-state index in [1.54, 1.807) is 6.20 Å². The smallest absolute Gasteiger partial charge is 0.255 e. The number of nitrogens with one attached hydrogen (secondary N) is 2. The zero-order valence-electron chi connectivity index (χ0n) is 10.2. The van der Waals surface area contributed by atoms with Crippen LogP contribution in [0.4, 0.5) is 5.69 Å². The van der Waals surface area contributed by atoms with Gasteiger partial charge in [-0.25, -0.2) is 0 Å². The number of aromatic amines is 1. The number of nitrogens with two attached hydrogens (primary N) is 1. The van der Waals surface area contributed by atoms with Crippen LogP contribution < -0.4 is 11.1 Å². The van der Waals surface area contributed by atoms with Crippen molar-refractivity contribution < 1.29 is 4.79 Å². The Morgan fingerprint density at radius 1 is 1.53 bits per heavy atom. The molecular weight excluding hydrogens is 216 g/mol. The van der Waals surface area contributed by atoms with E-state index in [2.05, 4.69) is 15.5 Å². The molecule has 0 spiro atoms. The van der Waals surface area contributed by atoms with E-state index in [4.69, 9.17) is 5.73 Å².